The van der Waals surface area contributed by atoms with Gasteiger partial charge in [-0.25, -0.2) is 15.0 Å². The smallest absolute Gasteiger partial charge is 0.220 e. The number of aromatic nitrogens is 4. The van der Waals surface area contributed by atoms with Crippen LogP contribution in [0.3, 0.4) is 0 Å². The molecule has 0 radical (unpaired) electrons. The molecule has 0 aliphatic heterocycles. The fourth-order valence-electron chi connectivity index (χ4n) is 2.13. The van der Waals surface area contributed by atoms with Gasteiger partial charge in [-0.15, -0.1) is 0 Å². The molecule has 0 spiro atoms. The molecule has 0 bridgehead atoms. The number of anilines is 1. The summed E-state index contributed by atoms with van der Waals surface area (Å²) in [5.41, 5.74) is 10.4. The molecule has 3 heterocycles. The van der Waals surface area contributed by atoms with Crippen LogP contribution in [-0.2, 0) is 0 Å². The Morgan fingerprint density at radius 3 is 2.78 bits per heavy atom. The molecule has 0 aromatic carbocycles. The predicted octanol–water partition coefficient (Wildman–Crippen LogP) is 1.99. The average molecular weight is 239 g/mol. The second-order valence-electron chi connectivity index (χ2n) is 4.23. The van der Waals surface area contributed by atoms with Crippen LogP contribution >= 0.6 is 0 Å². The van der Waals surface area contributed by atoms with Crippen molar-refractivity contribution < 1.29 is 0 Å². The third-order valence-corrected chi connectivity index (χ3v) is 2.94. The van der Waals surface area contributed by atoms with Crippen molar-refractivity contribution in [2.24, 2.45) is 0 Å². The van der Waals surface area contributed by atoms with Crippen molar-refractivity contribution in [3.8, 4) is 11.4 Å². The zero-order valence-corrected chi connectivity index (χ0v) is 10.3. The highest BCUT2D eigenvalue weighted by Gasteiger charge is 2.13. The maximum absolute atomic E-state index is 5.64. The van der Waals surface area contributed by atoms with Crippen LogP contribution in [0.1, 0.15) is 11.3 Å². The van der Waals surface area contributed by atoms with Crippen molar-refractivity contribution in [1.29, 1.82) is 0 Å². The average Bonchev–Trinajstić information content (AvgIpc) is 2.67. The predicted molar refractivity (Wildman–Crippen MR) is 70.1 cm³/mol. The summed E-state index contributed by atoms with van der Waals surface area (Å²) < 4.78 is 2.03. The van der Waals surface area contributed by atoms with Crippen LogP contribution in [0.5, 0.6) is 0 Å². The second-order valence-corrected chi connectivity index (χ2v) is 4.23. The Bertz CT molecular complexity index is 729. The molecule has 0 unspecified atom stereocenters. The first-order chi connectivity index (χ1) is 8.66. The molecule has 18 heavy (non-hydrogen) atoms. The zero-order chi connectivity index (χ0) is 12.7. The fourth-order valence-corrected chi connectivity index (χ4v) is 2.13. The number of hydrogen-bond acceptors (Lipinski definition) is 4. The van der Waals surface area contributed by atoms with E-state index in [4.69, 9.17) is 5.73 Å². The number of aryl methyl sites for hydroxylation is 2. The van der Waals surface area contributed by atoms with E-state index in [1.165, 1.54) is 0 Å². The molecule has 3 rings (SSSR count). The lowest BCUT2D eigenvalue weighted by Gasteiger charge is -2.03. The van der Waals surface area contributed by atoms with Crippen molar-refractivity contribution in [1.82, 2.24) is 19.4 Å². The Morgan fingerprint density at radius 1 is 1.17 bits per heavy atom. The highest BCUT2D eigenvalue weighted by molar-refractivity contribution is 5.66. The topological polar surface area (TPSA) is 69.1 Å². The first-order valence-corrected chi connectivity index (χ1v) is 5.70. The monoisotopic (exact) mass is 239 g/mol. The van der Waals surface area contributed by atoms with Crippen LogP contribution in [0.25, 0.3) is 17.0 Å². The Hall–Kier alpha value is -2.43. The minimum atomic E-state index is 0.273. The van der Waals surface area contributed by atoms with Crippen molar-refractivity contribution in [3.05, 3.63) is 41.9 Å². The number of nitrogen functional groups attached to an aromatic ring is 1. The fraction of sp³-hybridized carbons (Fsp3) is 0.154. The van der Waals surface area contributed by atoms with Gasteiger partial charge in [0.25, 0.3) is 0 Å². The van der Waals surface area contributed by atoms with Gasteiger partial charge in [-0.05, 0) is 31.5 Å². The van der Waals surface area contributed by atoms with E-state index >= 15 is 0 Å². The normalized spacial score (nSPS) is 11.0. The minimum Gasteiger partial charge on any atom is -0.368 e. The van der Waals surface area contributed by atoms with Gasteiger partial charge in [-0.3, -0.25) is 4.40 Å². The molecule has 3 aromatic heterocycles. The van der Waals surface area contributed by atoms with E-state index in [1.54, 1.807) is 6.20 Å². The van der Waals surface area contributed by atoms with Gasteiger partial charge in [-0.1, -0.05) is 6.07 Å². The van der Waals surface area contributed by atoms with Crippen molar-refractivity contribution in [2.45, 2.75) is 13.8 Å². The number of nitrogens with zero attached hydrogens (tertiary/aromatic N) is 4. The third kappa shape index (κ3) is 1.52. The van der Waals surface area contributed by atoms with Gasteiger partial charge in [0, 0.05) is 12.4 Å². The van der Waals surface area contributed by atoms with Crippen molar-refractivity contribution in [3.63, 3.8) is 0 Å². The van der Waals surface area contributed by atoms with E-state index in [0.29, 0.717) is 0 Å². The number of pyridine rings is 1. The van der Waals surface area contributed by atoms with E-state index < -0.39 is 0 Å². The van der Waals surface area contributed by atoms with E-state index in [0.717, 1.165) is 28.3 Å². The first-order valence-electron chi connectivity index (χ1n) is 5.70. The number of hydrogen-bond donors (Lipinski definition) is 1. The molecular weight excluding hydrogens is 226 g/mol. The summed E-state index contributed by atoms with van der Waals surface area (Å²) in [5, 5.41) is 0. The number of nitrogens with two attached hydrogens (primary N) is 1. The molecule has 0 saturated heterocycles. The highest BCUT2D eigenvalue weighted by atomic mass is 15.1. The Labute approximate surface area is 104 Å². The maximum atomic E-state index is 5.64. The summed E-state index contributed by atoms with van der Waals surface area (Å²) in [5.74, 6) is 0.273. The molecule has 0 saturated carbocycles. The van der Waals surface area contributed by atoms with Crippen LogP contribution in [0.2, 0.25) is 0 Å². The van der Waals surface area contributed by atoms with Gasteiger partial charge in [0.05, 0.1) is 17.1 Å². The summed E-state index contributed by atoms with van der Waals surface area (Å²) in [7, 11) is 0. The Kier molecular flexibility index (Phi) is 2.26. The molecule has 0 atom stereocenters. The van der Waals surface area contributed by atoms with Gasteiger partial charge >= 0.3 is 0 Å². The Morgan fingerprint density at radius 2 is 2.00 bits per heavy atom. The maximum Gasteiger partial charge on any atom is 0.220 e. The largest absolute Gasteiger partial charge is 0.368 e. The quantitative estimate of drug-likeness (QED) is 0.705. The number of fused-ring (bicyclic) bond motifs is 1. The van der Waals surface area contributed by atoms with Crippen LogP contribution in [0, 0.1) is 13.8 Å². The summed E-state index contributed by atoms with van der Waals surface area (Å²) in [4.78, 5) is 12.8. The SMILES string of the molecule is Cc1nc2c(C)cccn2c1-c1ccnc(N)n1. The second kappa shape index (κ2) is 3.80. The van der Waals surface area contributed by atoms with Crippen molar-refractivity contribution >= 4 is 11.6 Å². The van der Waals surface area contributed by atoms with Gasteiger partial charge < -0.3 is 5.73 Å². The van der Waals surface area contributed by atoms with Crippen LogP contribution < -0.4 is 5.73 Å². The lowest BCUT2D eigenvalue weighted by atomic mass is 10.2. The molecule has 3 aromatic rings. The van der Waals surface area contributed by atoms with E-state index in [1.807, 2.05) is 42.6 Å². The standard InChI is InChI=1S/C13H13N5/c1-8-4-3-7-18-11(9(2)16-12(8)18)10-5-6-15-13(14)17-10/h3-7H,1-2H3,(H2,14,15,17). The molecule has 5 heteroatoms. The van der Waals surface area contributed by atoms with Crippen LogP contribution in [0.15, 0.2) is 30.6 Å². The third-order valence-electron chi connectivity index (χ3n) is 2.94. The zero-order valence-electron chi connectivity index (χ0n) is 10.3. The summed E-state index contributed by atoms with van der Waals surface area (Å²) in [6.45, 7) is 4.01. The summed E-state index contributed by atoms with van der Waals surface area (Å²) >= 11 is 0. The molecule has 2 N–H and O–H groups in total. The Balaban J connectivity index is 2.36. The number of imidazole rings is 1. The summed E-state index contributed by atoms with van der Waals surface area (Å²) in [6, 6.07) is 5.88. The molecule has 0 aliphatic carbocycles. The van der Waals surface area contributed by atoms with Gasteiger partial charge in [0.2, 0.25) is 5.95 Å². The van der Waals surface area contributed by atoms with E-state index in [2.05, 4.69) is 15.0 Å². The summed E-state index contributed by atoms with van der Waals surface area (Å²) in [6.07, 6.45) is 3.64. The van der Waals surface area contributed by atoms with Crippen LogP contribution in [-0.4, -0.2) is 19.4 Å². The van der Waals surface area contributed by atoms with Gasteiger partial charge in [-0.2, -0.15) is 0 Å². The van der Waals surface area contributed by atoms with Gasteiger partial charge in [0.1, 0.15) is 5.65 Å². The first kappa shape index (κ1) is 10.7. The van der Waals surface area contributed by atoms with Crippen molar-refractivity contribution in [2.75, 3.05) is 5.73 Å². The highest BCUT2D eigenvalue weighted by Crippen LogP contribution is 2.24. The van der Waals surface area contributed by atoms with E-state index in [9.17, 15) is 0 Å². The lowest BCUT2D eigenvalue weighted by Crippen LogP contribution is -1.98. The van der Waals surface area contributed by atoms with Gasteiger partial charge in [0.15, 0.2) is 0 Å². The molecule has 0 fully saturated rings. The molecule has 90 valence electrons. The van der Waals surface area contributed by atoms with E-state index in [-0.39, 0.29) is 5.95 Å². The molecular formula is C13H13N5. The van der Waals surface area contributed by atoms with Crippen LogP contribution in [0.4, 0.5) is 5.95 Å². The molecule has 5 nitrogen and oxygen atoms in total. The lowest BCUT2D eigenvalue weighted by molar-refractivity contribution is 1.12. The minimum absolute atomic E-state index is 0.273. The number of rotatable bonds is 1. The molecule has 0 amide bonds. The molecule has 0 aliphatic rings.